The first kappa shape index (κ1) is 13.3. The second-order valence-electron chi connectivity index (χ2n) is 5.97. The van der Waals surface area contributed by atoms with Crippen LogP contribution >= 0.6 is 0 Å². The first-order valence-electron chi connectivity index (χ1n) is 7.23. The highest BCUT2D eigenvalue weighted by Gasteiger charge is 2.32. The van der Waals surface area contributed by atoms with Crippen molar-refractivity contribution < 1.29 is 4.52 Å². The highest BCUT2D eigenvalue weighted by atomic mass is 16.5. The average Bonchev–Trinajstić information content (AvgIpc) is 2.80. The maximum Gasteiger partial charge on any atom is 0.232 e. The summed E-state index contributed by atoms with van der Waals surface area (Å²) in [6, 6.07) is 8.94. The SMILES string of the molecule is Cc1noc(C2CN(Cc3ccc(C(C)C)cc3)C2)n1. The molecule has 0 bridgehead atoms. The highest BCUT2D eigenvalue weighted by Crippen LogP contribution is 2.27. The van der Waals surface area contributed by atoms with Crippen molar-refractivity contribution in [3.8, 4) is 0 Å². The second kappa shape index (κ2) is 5.37. The van der Waals surface area contributed by atoms with Gasteiger partial charge in [0.15, 0.2) is 5.82 Å². The van der Waals surface area contributed by atoms with Crippen molar-refractivity contribution in [3.63, 3.8) is 0 Å². The molecule has 0 radical (unpaired) electrons. The van der Waals surface area contributed by atoms with Gasteiger partial charge in [-0.3, -0.25) is 4.90 Å². The number of likely N-dealkylation sites (tertiary alicyclic amines) is 1. The van der Waals surface area contributed by atoms with E-state index in [1.807, 2.05) is 6.92 Å². The molecular weight excluding hydrogens is 250 g/mol. The zero-order chi connectivity index (χ0) is 14.1. The van der Waals surface area contributed by atoms with Crippen molar-refractivity contribution in [3.05, 3.63) is 47.1 Å². The summed E-state index contributed by atoms with van der Waals surface area (Å²) in [6.07, 6.45) is 0. The van der Waals surface area contributed by atoms with E-state index in [0.717, 1.165) is 31.3 Å². The molecule has 2 heterocycles. The number of rotatable bonds is 4. The van der Waals surface area contributed by atoms with E-state index in [0.29, 0.717) is 11.8 Å². The van der Waals surface area contributed by atoms with E-state index < -0.39 is 0 Å². The Morgan fingerprint density at radius 3 is 2.50 bits per heavy atom. The number of hydrogen-bond acceptors (Lipinski definition) is 4. The van der Waals surface area contributed by atoms with Crippen LogP contribution in [-0.4, -0.2) is 28.1 Å². The average molecular weight is 271 g/mol. The molecule has 20 heavy (non-hydrogen) atoms. The number of benzene rings is 1. The molecule has 0 unspecified atom stereocenters. The van der Waals surface area contributed by atoms with Gasteiger partial charge in [0.25, 0.3) is 0 Å². The van der Waals surface area contributed by atoms with Gasteiger partial charge in [-0.05, 0) is 24.0 Å². The molecule has 1 aliphatic rings. The largest absolute Gasteiger partial charge is 0.339 e. The normalized spacial score (nSPS) is 16.6. The maximum absolute atomic E-state index is 5.22. The van der Waals surface area contributed by atoms with Crippen molar-refractivity contribution >= 4 is 0 Å². The Balaban J connectivity index is 1.53. The van der Waals surface area contributed by atoms with Crippen molar-refractivity contribution in [1.29, 1.82) is 0 Å². The van der Waals surface area contributed by atoms with E-state index >= 15 is 0 Å². The molecule has 1 saturated heterocycles. The van der Waals surface area contributed by atoms with Crippen molar-refractivity contribution in [1.82, 2.24) is 15.0 Å². The molecule has 0 N–H and O–H groups in total. The molecule has 2 aromatic rings. The van der Waals surface area contributed by atoms with Gasteiger partial charge in [-0.15, -0.1) is 0 Å². The lowest BCUT2D eigenvalue weighted by Gasteiger charge is -2.37. The van der Waals surface area contributed by atoms with Crippen LogP contribution in [0.4, 0.5) is 0 Å². The molecule has 0 spiro atoms. The van der Waals surface area contributed by atoms with Crippen LogP contribution in [0, 0.1) is 6.92 Å². The summed E-state index contributed by atoms with van der Waals surface area (Å²) in [7, 11) is 0. The van der Waals surface area contributed by atoms with Crippen LogP contribution in [0.5, 0.6) is 0 Å². The highest BCUT2D eigenvalue weighted by molar-refractivity contribution is 5.25. The third kappa shape index (κ3) is 2.75. The standard InChI is InChI=1S/C16H21N3O/c1-11(2)14-6-4-13(5-7-14)8-19-9-15(10-19)16-17-12(3)18-20-16/h4-7,11,15H,8-10H2,1-3H3. The smallest absolute Gasteiger partial charge is 0.232 e. The van der Waals surface area contributed by atoms with Crippen molar-refractivity contribution in [2.45, 2.75) is 39.2 Å². The quantitative estimate of drug-likeness (QED) is 0.857. The molecule has 3 rings (SSSR count). The van der Waals surface area contributed by atoms with Gasteiger partial charge in [0.05, 0.1) is 5.92 Å². The Kier molecular flexibility index (Phi) is 3.57. The van der Waals surface area contributed by atoms with Crippen LogP contribution in [0.3, 0.4) is 0 Å². The van der Waals surface area contributed by atoms with E-state index in [4.69, 9.17) is 4.52 Å². The first-order chi connectivity index (χ1) is 9.61. The summed E-state index contributed by atoms with van der Waals surface area (Å²) in [6.45, 7) is 9.33. The Hall–Kier alpha value is -1.68. The Labute approximate surface area is 119 Å². The van der Waals surface area contributed by atoms with Crippen LogP contribution in [0.2, 0.25) is 0 Å². The molecule has 4 heteroatoms. The molecule has 0 atom stereocenters. The monoisotopic (exact) mass is 271 g/mol. The van der Waals surface area contributed by atoms with Gasteiger partial charge in [0.1, 0.15) is 0 Å². The zero-order valence-corrected chi connectivity index (χ0v) is 12.3. The third-order valence-corrected chi connectivity index (χ3v) is 3.90. The van der Waals surface area contributed by atoms with Gasteiger partial charge in [-0.1, -0.05) is 43.3 Å². The predicted molar refractivity (Wildman–Crippen MR) is 77.6 cm³/mol. The Morgan fingerprint density at radius 2 is 1.95 bits per heavy atom. The van der Waals surface area contributed by atoms with Crippen molar-refractivity contribution in [2.24, 2.45) is 0 Å². The number of aromatic nitrogens is 2. The molecular formula is C16H21N3O. The van der Waals surface area contributed by atoms with Gasteiger partial charge >= 0.3 is 0 Å². The first-order valence-corrected chi connectivity index (χ1v) is 7.23. The molecule has 0 aliphatic carbocycles. The van der Waals surface area contributed by atoms with Gasteiger partial charge < -0.3 is 4.52 Å². The molecule has 1 aromatic heterocycles. The van der Waals surface area contributed by atoms with Crippen LogP contribution < -0.4 is 0 Å². The van der Waals surface area contributed by atoms with E-state index in [2.05, 4.69) is 53.2 Å². The lowest BCUT2D eigenvalue weighted by atomic mass is 9.98. The van der Waals surface area contributed by atoms with E-state index in [1.54, 1.807) is 0 Å². The molecule has 1 fully saturated rings. The predicted octanol–water partition coefficient (Wildman–Crippen LogP) is 3.10. The topological polar surface area (TPSA) is 42.2 Å². The maximum atomic E-state index is 5.22. The number of nitrogens with zero attached hydrogens (tertiary/aromatic N) is 3. The summed E-state index contributed by atoms with van der Waals surface area (Å²) >= 11 is 0. The summed E-state index contributed by atoms with van der Waals surface area (Å²) in [4.78, 5) is 6.71. The molecule has 1 aliphatic heterocycles. The molecule has 0 amide bonds. The Bertz CT molecular complexity index is 568. The van der Waals surface area contributed by atoms with Gasteiger partial charge in [0, 0.05) is 19.6 Å². The molecule has 106 valence electrons. The fraction of sp³-hybridized carbons (Fsp3) is 0.500. The molecule has 0 saturated carbocycles. The summed E-state index contributed by atoms with van der Waals surface area (Å²) in [5.41, 5.74) is 2.77. The molecule has 4 nitrogen and oxygen atoms in total. The van der Waals surface area contributed by atoms with E-state index in [9.17, 15) is 0 Å². The summed E-state index contributed by atoms with van der Waals surface area (Å²) in [5.74, 6) is 2.51. The van der Waals surface area contributed by atoms with Crippen LogP contribution in [0.15, 0.2) is 28.8 Å². The second-order valence-corrected chi connectivity index (χ2v) is 5.97. The molecule has 1 aromatic carbocycles. The van der Waals surface area contributed by atoms with Crippen LogP contribution in [-0.2, 0) is 6.54 Å². The summed E-state index contributed by atoms with van der Waals surface area (Å²) in [5, 5.41) is 3.85. The Morgan fingerprint density at radius 1 is 1.25 bits per heavy atom. The minimum absolute atomic E-state index is 0.408. The third-order valence-electron chi connectivity index (χ3n) is 3.90. The zero-order valence-electron chi connectivity index (χ0n) is 12.3. The summed E-state index contributed by atoms with van der Waals surface area (Å²) < 4.78 is 5.22. The van der Waals surface area contributed by atoms with E-state index in [1.165, 1.54) is 11.1 Å². The van der Waals surface area contributed by atoms with Gasteiger partial charge in [-0.2, -0.15) is 4.98 Å². The van der Waals surface area contributed by atoms with Crippen LogP contribution in [0.25, 0.3) is 0 Å². The van der Waals surface area contributed by atoms with Gasteiger partial charge in [-0.25, -0.2) is 0 Å². The number of aryl methyl sites for hydroxylation is 1. The lowest BCUT2D eigenvalue weighted by Crippen LogP contribution is -2.44. The van der Waals surface area contributed by atoms with Crippen molar-refractivity contribution in [2.75, 3.05) is 13.1 Å². The number of hydrogen-bond donors (Lipinski definition) is 0. The minimum atomic E-state index is 0.408. The fourth-order valence-corrected chi connectivity index (χ4v) is 2.60. The minimum Gasteiger partial charge on any atom is -0.339 e. The van der Waals surface area contributed by atoms with Gasteiger partial charge in [0.2, 0.25) is 5.89 Å². The van der Waals surface area contributed by atoms with Crippen LogP contribution in [0.1, 0.15) is 48.5 Å². The fourth-order valence-electron chi connectivity index (χ4n) is 2.60. The lowest BCUT2D eigenvalue weighted by molar-refractivity contribution is 0.117. The van der Waals surface area contributed by atoms with E-state index in [-0.39, 0.29) is 0 Å².